The Morgan fingerprint density at radius 2 is 1.50 bits per heavy atom. The van der Waals surface area contributed by atoms with Gasteiger partial charge < -0.3 is 5.11 Å². The van der Waals surface area contributed by atoms with Crippen molar-refractivity contribution in [3.05, 3.63) is 0 Å². The number of aliphatic hydroxyl groups excluding tert-OH is 1. The van der Waals surface area contributed by atoms with Crippen molar-refractivity contribution in [1.82, 2.24) is 0 Å². The lowest BCUT2D eigenvalue weighted by Gasteiger charge is -2.51. The molecule has 0 aliphatic heterocycles. The first kappa shape index (κ1) is 22.7. The molecule has 0 aromatic rings. The Hall–Kier alpha value is 0.660. The van der Waals surface area contributed by atoms with Gasteiger partial charge in [-0.2, -0.15) is 9.06 Å². The smallest absolute Gasteiger partial charge is 0.0623 e. The van der Waals surface area contributed by atoms with Crippen molar-refractivity contribution < 1.29 is 5.11 Å². The van der Waals surface area contributed by atoms with E-state index < -0.39 is 9.06 Å². The van der Waals surface area contributed by atoms with Gasteiger partial charge in [-0.3, -0.25) is 0 Å². The van der Waals surface area contributed by atoms with Crippen molar-refractivity contribution in [2.75, 3.05) is 5.75 Å². The fourth-order valence-electron chi connectivity index (χ4n) is 4.36. The molecule has 3 atom stereocenters. The fourth-order valence-corrected chi connectivity index (χ4v) is 10.4. The molecule has 146 valence electrons. The number of hydrogen-bond donors (Lipinski definition) is 2. The topological polar surface area (TPSA) is 20.2 Å². The molecular formula is C21H44OS2. The lowest BCUT2D eigenvalue weighted by molar-refractivity contribution is 0.185. The highest BCUT2D eigenvalue weighted by Crippen LogP contribution is 2.66. The summed E-state index contributed by atoms with van der Waals surface area (Å²) in [6, 6.07) is 0. The van der Waals surface area contributed by atoms with E-state index in [9.17, 15) is 5.11 Å². The average molecular weight is 377 g/mol. The summed E-state index contributed by atoms with van der Waals surface area (Å²) >= 11 is 5.44. The van der Waals surface area contributed by atoms with Crippen LogP contribution in [0.5, 0.6) is 0 Å². The minimum absolute atomic E-state index is 0.188. The van der Waals surface area contributed by atoms with E-state index in [1.807, 2.05) is 6.92 Å². The van der Waals surface area contributed by atoms with Gasteiger partial charge in [0, 0.05) is 5.25 Å². The second-order valence-corrected chi connectivity index (χ2v) is 13.3. The van der Waals surface area contributed by atoms with Crippen LogP contribution >= 0.6 is 20.7 Å². The number of aliphatic hydroxyl groups is 1. The Morgan fingerprint density at radius 1 is 0.917 bits per heavy atom. The molecule has 1 nitrogen and oxygen atoms in total. The molecule has 1 aliphatic rings. The van der Waals surface area contributed by atoms with Crippen LogP contribution in [-0.2, 0) is 0 Å². The predicted octanol–water partition coefficient (Wildman–Crippen LogP) is 7.27. The lowest BCUT2D eigenvalue weighted by Crippen LogP contribution is -2.35. The average Bonchev–Trinajstić information content (AvgIpc) is 2.58. The van der Waals surface area contributed by atoms with Crippen molar-refractivity contribution in [2.45, 2.75) is 127 Å². The molecule has 0 radical (unpaired) electrons. The summed E-state index contributed by atoms with van der Waals surface area (Å²) < 4.78 is 0. The molecule has 1 fully saturated rings. The highest BCUT2D eigenvalue weighted by atomic mass is 33.1. The van der Waals surface area contributed by atoms with Crippen molar-refractivity contribution >= 4 is 20.7 Å². The molecule has 3 heteroatoms. The van der Waals surface area contributed by atoms with E-state index in [0.717, 1.165) is 5.25 Å². The first-order valence-corrected chi connectivity index (χ1v) is 13.7. The summed E-state index contributed by atoms with van der Waals surface area (Å²) in [5.41, 5.74) is 0. The lowest BCUT2D eigenvalue weighted by atomic mass is 10.0. The van der Waals surface area contributed by atoms with Crippen LogP contribution in [0, 0.1) is 0 Å². The maximum absolute atomic E-state index is 10.6. The second kappa shape index (κ2) is 12.9. The SMILES string of the molecule is CCCCCCCC(C(C)O)S(S)(CCCCC)C1CCCCC1. The van der Waals surface area contributed by atoms with Crippen LogP contribution in [0.25, 0.3) is 0 Å². The van der Waals surface area contributed by atoms with Crippen molar-refractivity contribution in [1.29, 1.82) is 0 Å². The zero-order valence-corrected chi connectivity index (χ0v) is 18.4. The molecule has 1 N–H and O–H groups in total. The number of unbranched alkanes of at least 4 members (excludes halogenated alkanes) is 6. The van der Waals surface area contributed by atoms with Crippen LogP contribution in [0.1, 0.15) is 111 Å². The molecule has 1 aliphatic carbocycles. The third kappa shape index (κ3) is 7.50. The van der Waals surface area contributed by atoms with Gasteiger partial charge in [-0.25, -0.2) is 0 Å². The predicted molar refractivity (Wildman–Crippen MR) is 117 cm³/mol. The minimum atomic E-state index is -1.00. The summed E-state index contributed by atoms with van der Waals surface area (Å²) in [5.74, 6) is 1.28. The van der Waals surface area contributed by atoms with Gasteiger partial charge in [-0.1, -0.05) is 78.1 Å². The normalized spacial score (nSPS) is 22.7. The monoisotopic (exact) mass is 376 g/mol. The molecule has 1 rings (SSSR count). The molecule has 0 bridgehead atoms. The molecule has 24 heavy (non-hydrogen) atoms. The molecule has 0 heterocycles. The van der Waals surface area contributed by atoms with E-state index in [4.69, 9.17) is 11.7 Å². The van der Waals surface area contributed by atoms with E-state index in [0.29, 0.717) is 5.25 Å². The maximum atomic E-state index is 10.6. The van der Waals surface area contributed by atoms with Gasteiger partial charge >= 0.3 is 0 Å². The standard InChI is InChI=1S/C21H44OS2/c1-4-6-8-9-13-17-21(19(3)22)24(23,18-14-7-5-2)20-15-11-10-12-16-20/h19-23H,4-18H2,1-3H3. The van der Waals surface area contributed by atoms with Crippen LogP contribution in [0.4, 0.5) is 0 Å². The van der Waals surface area contributed by atoms with Gasteiger partial charge in [-0.05, 0) is 43.6 Å². The second-order valence-electron chi connectivity index (χ2n) is 7.96. The van der Waals surface area contributed by atoms with Gasteiger partial charge in [0.15, 0.2) is 0 Å². The first-order valence-electron chi connectivity index (χ1n) is 10.8. The van der Waals surface area contributed by atoms with Crippen molar-refractivity contribution in [3.63, 3.8) is 0 Å². The van der Waals surface area contributed by atoms with Crippen molar-refractivity contribution in [2.24, 2.45) is 0 Å². The van der Waals surface area contributed by atoms with E-state index in [1.54, 1.807) is 0 Å². The third-order valence-electron chi connectivity index (χ3n) is 5.86. The van der Waals surface area contributed by atoms with E-state index in [1.165, 1.54) is 95.6 Å². The van der Waals surface area contributed by atoms with Gasteiger partial charge in [-0.15, -0.1) is 11.7 Å². The quantitative estimate of drug-likeness (QED) is 0.197. The Morgan fingerprint density at radius 3 is 2.08 bits per heavy atom. The Kier molecular flexibility index (Phi) is 12.2. The minimum Gasteiger partial charge on any atom is -0.392 e. The molecule has 0 amide bonds. The molecule has 1 saturated carbocycles. The summed E-state index contributed by atoms with van der Waals surface area (Å²) in [7, 11) is -1.00. The molecule has 3 unspecified atom stereocenters. The number of thiol groups is 1. The Labute approximate surface area is 158 Å². The Balaban J connectivity index is 2.72. The summed E-state index contributed by atoms with van der Waals surface area (Å²) in [6.45, 7) is 6.60. The molecule has 0 aromatic heterocycles. The number of hydrogen-bond acceptors (Lipinski definition) is 2. The zero-order chi connectivity index (χ0) is 17.8. The largest absolute Gasteiger partial charge is 0.392 e. The molecule has 0 spiro atoms. The van der Waals surface area contributed by atoms with Crippen LogP contribution in [0.3, 0.4) is 0 Å². The molecule has 0 aromatic carbocycles. The van der Waals surface area contributed by atoms with Gasteiger partial charge in [0.25, 0.3) is 0 Å². The van der Waals surface area contributed by atoms with Gasteiger partial charge in [0.1, 0.15) is 0 Å². The first-order chi connectivity index (χ1) is 11.6. The highest BCUT2D eigenvalue weighted by molar-refractivity contribution is 8.88. The maximum Gasteiger partial charge on any atom is 0.0623 e. The number of rotatable bonds is 13. The Bertz CT molecular complexity index is 302. The van der Waals surface area contributed by atoms with Crippen LogP contribution in [0.2, 0.25) is 0 Å². The van der Waals surface area contributed by atoms with Crippen molar-refractivity contribution in [3.8, 4) is 0 Å². The van der Waals surface area contributed by atoms with Gasteiger partial charge in [0.05, 0.1) is 6.10 Å². The van der Waals surface area contributed by atoms with E-state index in [2.05, 4.69) is 13.8 Å². The summed E-state index contributed by atoms with van der Waals surface area (Å²) in [4.78, 5) is 0. The molecule has 0 saturated heterocycles. The highest BCUT2D eigenvalue weighted by Gasteiger charge is 2.39. The summed E-state index contributed by atoms with van der Waals surface area (Å²) in [6.07, 6.45) is 18.5. The summed E-state index contributed by atoms with van der Waals surface area (Å²) in [5, 5.41) is 11.8. The van der Waals surface area contributed by atoms with E-state index in [-0.39, 0.29) is 6.10 Å². The van der Waals surface area contributed by atoms with Crippen LogP contribution in [-0.4, -0.2) is 27.5 Å². The van der Waals surface area contributed by atoms with E-state index >= 15 is 0 Å². The third-order valence-corrected chi connectivity index (χ3v) is 12.4. The molecular weight excluding hydrogens is 332 g/mol. The van der Waals surface area contributed by atoms with Gasteiger partial charge in [0.2, 0.25) is 0 Å². The zero-order valence-electron chi connectivity index (χ0n) is 16.6. The van der Waals surface area contributed by atoms with Crippen LogP contribution < -0.4 is 0 Å². The fraction of sp³-hybridized carbons (Fsp3) is 1.00. The van der Waals surface area contributed by atoms with Crippen LogP contribution in [0.15, 0.2) is 0 Å².